The van der Waals surface area contributed by atoms with Crippen molar-refractivity contribution in [2.75, 3.05) is 6.16 Å². The van der Waals surface area contributed by atoms with Crippen LogP contribution in [0.4, 0.5) is 0 Å². The first-order valence-electron chi connectivity index (χ1n) is 3.63. The second-order valence-corrected chi connectivity index (χ2v) is 4.52. The molecule has 1 unspecified atom stereocenters. The molecule has 0 aromatic heterocycles. The van der Waals surface area contributed by atoms with Crippen molar-refractivity contribution in [2.45, 2.75) is 25.8 Å². The number of carbonyl (C=O) groups excluding carboxylic acids is 1. The van der Waals surface area contributed by atoms with E-state index in [1.807, 2.05) is 0 Å². The van der Waals surface area contributed by atoms with Crippen LogP contribution in [0, 0.1) is 0 Å². The predicted molar refractivity (Wildman–Crippen MR) is 44.8 cm³/mol. The first-order valence-corrected chi connectivity index (χ1v) is 5.43. The highest BCUT2D eigenvalue weighted by Gasteiger charge is 2.14. The Labute approximate surface area is 71.1 Å². The Morgan fingerprint density at radius 1 is 1.58 bits per heavy atom. The number of hydrogen-bond acceptors (Lipinski definition) is 3. The maximum absolute atomic E-state index is 10.6. The number of Topliss-reactive ketones (excluding diaryl/α,β-unsaturated/α-hetero) is 1. The lowest BCUT2D eigenvalue weighted by atomic mass is 10.1. The van der Waals surface area contributed by atoms with Gasteiger partial charge in [0.1, 0.15) is 5.78 Å². The minimum atomic E-state index is -3.92. The molecule has 72 valence electrons. The molecule has 6 heteroatoms. The van der Waals surface area contributed by atoms with E-state index in [1.165, 1.54) is 6.92 Å². The highest BCUT2D eigenvalue weighted by molar-refractivity contribution is 7.51. The van der Waals surface area contributed by atoms with Crippen LogP contribution in [0.15, 0.2) is 0 Å². The Balaban J connectivity index is 3.58. The van der Waals surface area contributed by atoms with E-state index < -0.39 is 13.6 Å². The SMILES string of the molecule is CC(=O)C(N)CCCP(=O)(O)O. The van der Waals surface area contributed by atoms with Gasteiger partial charge in [-0.3, -0.25) is 9.36 Å². The summed E-state index contributed by atoms with van der Waals surface area (Å²) in [5, 5.41) is 0. The van der Waals surface area contributed by atoms with Gasteiger partial charge in [-0.15, -0.1) is 0 Å². The molecule has 0 bridgehead atoms. The van der Waals surface area contributed by atoms with Crippen LogP contribution in [0.3, 0.4) is 0 Å². The average Bonchev–Trinajstić information content (AvgIpc) is 1.84. The van der Waals surface area contributed by atoms with Gasteiger partial charge in [0.25, 0.3) is 0 Å². The number of carbonyl (C=O) groups is 1. The third-order valence-electron chi connectivity index (χ3n) is 1.49. The van der Waals surface area contributed by atoms with Gasteiger partial charge in [0.15, 0.2) is 0 Å². The van der Waals surface area contributed by atoms with Crippen molar-refractivity contribution in [3.63, 3.8) is 0 Å². The normalized spacial score (nSPS) is 14.3. The summed E-state index contributed by atoms with van der Waals surface area (Å²) in [4.78, 5) is 27.5. The Morgan fingerprint density at radius 3 is 2.42 bits per heavy atom. The van der Waals surface area contributed by atoms with E-state index >= 15 is 0 Å². The Hall–Kier alpha value is -0.220. The standard InChI is InChI=1S/C6H14NO4P/c1-5(8)6(7)3-2-4-12(9,10)11/h6H,2-4,7H2,1H3,(H2,9,10,11). The van der Waals surface area contributed by atoms with Gasteiger partial charge in [-0.05, 0) is 19.8 Å². The van der Waals surface area contributed by atoms with Gasteiger partial charge in [0.05, 0.1) is 6.04 Å². The van der Waals surface area contributed by atoms with E-state index in [9.17, 15) is 9.36 Å². The third kappa shape index (κ3) is 6.49. The van der Waals surface area contributed by atoms with Crippen molar-refractivity contribution in [3.8, 4) is 0 Å². The fraction of sp³-hybridized carbons (Fsp3) is 0.833. The smallest absolute Gasteiger partial charge is 0.324 e. The van der Waals surface area contributed by atoms with E-state index in [1.54, 1.807) is 0 Å². The van der Waals surface area contributed by atoms with E-state index in [0.29, 0.717) is 6.42 Å². The molecular weight excluding hydrogens is 181 g/mol. The molecule has 0 aliphatic heterocycles. The lowest BCUT2D eigenvalue weighted by molar-refractivity contribution is -0.118. The fourth-order valence-corrected chi connectivity index (χ4v) is 1.31. The summed E-state index contributed by atoms with van der Waals surface area (Å²) >= 11 is 0. The molecule has 1 atom stereocenters. The Bertz CT molecular complexity index is 200. The fourth-order valence-electron chi connectivity index (χ4n) is 0.720. The van der Waals surface area contributed by atoms with Crippen LogP contribution in [-0.2, 0) is 9.36 Å². The molecule has 0 amide bonds. The van der Waals surface area contributed by atoms with Gasteiger partial charge >= 0.3 is 7.60 Å². The monoisotopic (exact) mass is 195 g/mol. The average molecular weight is 195 g/mol. The van der Waals surface area contributed by atoms with E-state index in [0.717, 1.165) is 0 Å². The molecule has 5 nitrogen and oxygen atoms in total. The maximum Gasteiger partial charge on any atom is 0.325 e. The number of hydrogen-bond donors (Lipinski definition) is 3. The second kappa shape index (κ2) is 4.72. The zero-order chi connectivity index (χ0) is 9.78. The van der Waals surface area contributed by atoms with Crippen molar-refractivity contribution in [1.29, 1.82) is 0 Å². The largest absolute Gasteiger partial charge is 0.325 e. The van der Waals surface area contributed by atoms with Crippen LogP contribution < -0.4 is 5.73 Å². The van der Waals surface area contributed by atoms with Crippen molar-refractivity contribution < 1.29 is 19.1 Å². The zero-order valence-corrected chi connectivity index (χ0v) is 7.83. The lowest BCUT2D eigenvalue weighted by Crippen LogP contribution is -2.28. The first-order chi connectivity index (χ1) is 5.33. The molecule has 12 heavy (non-hydrogen) atoms. The maximum atomic E-state index is 10.6. The highest BCUT2D eigenvalue weighted by atomic mass is 31.2. The van der Waals surface area contributed by atoms with Crippen LogP contribution in [0.1, 0.15) is 19.8 Å². The molecule has 0 aliphatic carbocycles. The molecule has 0 radical (unpaired) electrons. The summed E-state index contributed by atoms with van der Waals surface area (Å²) in [5.41, 5.74) is 5.34. The molecule has 0 spiro atoms. The zero-order valence-electron chi connectivity index (χ0n) is 6.93. The molecular formula is C6H14NO4P. The topological polar surface area (TPSA) is 101 Å². The molecule has 0 saturated carbocycles. The summed E-state index contributed by atoms with van der Waals surface area (Å²) in [6.45, 7) is 1.36. The first kappa shape index (κ1) is 11.8. The van der Waals surface area contributed by atoms with Crippen LogP contribution in [0.2, 0.25) is 0 Å². The molecule has 0 aromatic carbocycles. The lowest BCUT2D eigenvalue weighted by Gasteiger charge is -2.07. The Morgan fingerprint density at radius 2 is 2.08 bits per heavy atom. The number of rotatable bonds is 5. The van der Waals surface area contributed by atoms with Crippen LogP contribution in [0.5, 0.6) is 0 Å². The van der Waals surface area contributed by atoms with Crippen LogP contribution >= 0.6 is 7.60 Å². The molecule has 0 aromatic rings. The third-order valence-corrected chi connectivity index (χ3v) is 2.39. The van der Waals surface area contributed by atoms with Gasteiger partial charge in [0.2, 0.25) is 0 Å². The molecule has 0 heterocycles. The summed E-state index contributed by atoms with van der Waals surface area (Å²) in [6, 6.07) is -0.587. The van der Waals surface area contributed by atoms with Crippen molar-refractivity contribution >= 4 is 13.4 Å². The van der Waals surface area contributed by atoms with E-state index in [2.05, 4.69) is 0 Å². The molecule has 0 aliphatic rings. The van der Waals surface area contributed by atoms with Crippen molar-refractivity contribution in [2.24, 2.45) is 5.73 Å². The minimum absolute atomic E-state index is 0.152. The van der Waals surface area contributed by atoms with Gasteiger partial charge in [-0.2, -0.15) is 0 Å². The van der Waals surface area contributed by atoms with Gasteiger partial charge < -0.3 is 15.5 Å². The summed E-state index contributed by atoms with van der Waals surface area (Å²) < 4.78 is 10.4. The quantitative estimate of drug-likeness (QED) is 0.530. The van der Waals surface area contributed by atoms with Crippen molar-refractivity contribution in [1.82, 2.24) is 0 Å². The molecule has 0 rings (SSSR count). The van der Waals surface area contributed by atoms with Crippen molar-refractivity contribution in [3.05, 3.63) is 0 Å². The number of ketones is 1. The van der Waals surface area contributed by atoms with Gasteiger partial charge in [-0.1, -0.05) is 0 Å². The summed E-state index contributed by atoms with van der Waals surface area (Å²) in [6.07, 6.45) is 0.416. The van der Waals surface area contributed by atoms with E-state index in [4.69, 9.17) is 15.5 Å². The van der Waals surface area contributed by atoms with Gasteiger partial charge in [-0.25, -0.2) is 0 Å². The minimum Gasteiger partial charge on any atom is -0.324 e. The predicted octanol–water partition coefficient (Wildman–Crippen LogP) is -0.139. The summed E-state index contributed by atoms with van der Waals surface area (Å²) in [7, 11) is -3.92. The highest BCUT2D eigenvalue weighted by Crippen LogP contribution is 2.35. The molecule has 0 saturated heterocycles. The van der Waals surface area contributed by atoms with Crippen LogP contribution in [-0.4, -0.2) is 27.8 Å². The molecule has 4 N–H and O–H groups in total. The summed E-state index contributed by atoms with van der Waals surface area (Å²) in [5.74, 6) is -0.152. The molecule has 0 fully saturated rings. The van der Waals surface area contributed by atoms with Crippen LogP contribution in [0.25, 0.3) is 0 Å². The van der Waals surface area contributed by atoms with E-state index in [-0.39, 0.29) is 18.4 Å². The second-order valence-electron chi connectivity index (χ2n) is 2.75. The number of nitrogens with two attached hydrogens (primary N) is 1. The van der Waals surface area contributed by atoms with Gasteiger partial charge in [0, 0.05) is 6.16 Å². The Kier molecular flexibility index (Phi) is 4.63.